The van der Waals surface area contributed by atoms with E-state index >= 15 is 0 Å². The maximum atomic E-state index is 11.8. The number of methoxy groups -OCH3 is 1. The van der Waals surface area contributed by atoms with E-state index in [1.165, 1.54) is 6.21 Å². The van der Waals surface area contributed by atoms with Gasteiger partial charge in [-0.2, -0.15) is 5.10 Å². The zero-order valence-electron chi connectivity index (χ0n) is 14.9. The highest BCUT2D eigenvalue weighted by atomic mass is 16.6. The Labute approximate surface area is 150 Å². The van der Waals surface area contributed by atoms with Crippen molar-refractivity contribution < 1.29 is 19.2 Å². The van der Waals surface area contributed by atoms with Crippen LogP contribution in [0.4, 0.5) is 0 Å². The van der Waals surface area contributed by atoms with Crippen LogP contribution in [0.5, 0.6) is 5.75 Å². The Morgan fingerprint density at radius 3 is 2.50 bits per heavy atom. The van der Waals surface area contributed by atoms with Crippen molar-refractivity contribution in [3.05, 3.63) is 47.3 Å². The third kappa shape index (κ3) is 5.93. The molecule has 0 spiro atoms. The molecule has 0 atom stereocenters. The highest BCUT2D eigenvalue weighted by Crippen LogP contribution is 2.09. The second-order valence-corrected chi connectivity index (χ2v) is 5.46. The maximum Gasteiger partial charge on any atom is 0.279 e. The number of aryl methyl sites for hydroxylation is 2. The van der Waals surface area contributed by atoms with Crippen molar-refractivity contribution >= 4 is 18.0 Å². The van der Waals surface area contributed by atoms with Gasteiger partial charge in [0.2, 0.25) is 0 Å². The number of hydrazine groups is 1. The number of rotatable bonds is 7. The van der Waals surface area contributed by atoms with Crippen LogP contribution in [0.15, 0.2) is 35.5 Å². The van der Waals surface area contributed by atoms with Crippen LogP contribution in [0.2, 0.25) is 0 Å². The maximum absolute atomic E-state index is 11.8. The number of hydrogen-bond acceptors (Lipinski definition) is 6. The van der Waals surface area contributed by atoms with Gasteiger partial charge in [-0.15, -0.1) is 0 Å². The lowest BCUT2D eigenvalue weighted by atomic mass is 10.2. The van der Waals surface area contributed by atoms with Crippen LogP contribution < -0.4 is 15.6 Å². The number of aromatic nitrogens is 2. The molecule has 2 aromatic rings. The molecule has 0 aliphatic heterocycles. The molecule has 0 fully saturated rings. The summed E-state index contributed by atoms with van der Waals surface area (Å²) in [4.78, 5) is 28.3. The van der Waals surface area contributed by atoms with E-state index in [2.05, 4.69) is 21.1 Å². The molecule has 2 N–H and O–H groups in total. The van der Waals surface area contributed by atoms with Gasteiger partial charge in [0.1, 0.15) is 12.3 Å². The van der Waals surface area contributed by atoms with Gasteiger partial charge in [-0.3, -0.25) is 25.1 Å². The predicted molar refractivity (Wildman–Crippen MR) is 94.5 cm³/mol. The predicted octanol–water partition coefficient (Wildman–Crippen LogP) is 0.707. The summed E-state index contributed by atoms with van der Waals surface area (Å²) < 4.78 is 6.60. The van der Waals surface area contributed by atoms with E-state index in [9.17, 15) is 9.59 Å². The van der Waals surface area contributed by atoms with E-state index in [0.717, 1.165) is 22.7 Å². The van der Waals surface area contributed by atoms with Crippen LogP contribution in [0, 0.1) is 13.8 Å². The number of nitrogens with one attached hydrogen (secondary N) is 2. The van der Waals surface area contributed by atoms with Crippen molar-refractivity contribution in [2.24, 2.45) is 5.16 Å². The fraction of sp³-hybridized carbons (Fsp3) is 0.294. The van der Waals surface area contributed by atoms with Gasteiger partial charge in [0.25, 0.3) is 11.8 Å². The van der Waals surface area contributed by atoms with E-state index in [1.54, 1.807) is 36.1 Å². The molecule has 0 aliphatic rings. The van der Waals surface area contributed by atoms with Gasteiger partial charge in [-0.25, -0.2) is 0 Å². The van der Waals surface area contributed by atoms with E-state index in [-0.39, 0.29) is 13.2 Å². The Morgan fingerprint density at radius 2 is 1.88 bits per heavy atom. The molecule has 1 heterocycles. The Hall–Kier alpha value is -3.36. The van der Waals surface area contributed by atoms with Gasteiger partial charge < -0.3 is 9.57 Å². The average Bonchev–Trinajstić information content (AvgIpc) is 2.94. The molecule has 0 aliphatic carbocycles. The second kappa shape index (κ2) is 9.21. The van der Waals surface area contributed by atoms with Crippen LogP contribution in [0.25, 0.3) is 0 Å². The fourth-order valence-corrected chi connectivity index (χ4v) is 2.07. The van der Waals surface area contributed by atoms with Gasteiger partial charge in [-0.05, 0) is 49.7 Å². The fourth-order valence-electron chi connectivity index (χ4n) is 2.07. The summed E-state index contributed by atoms with van der Waals surface area (Å²) in [6.45, 7) is 3.37. The van der Waals surface area contributed by atoms with Gasteiger partial charge in [0.05, 0.1) is 19.0 Å². The molecule has 2 amide bonds. The van der Waals surface area contributed by atoms with E-state index < -0.39 is 11.8 Å². The van der Waals surface area contributed by atoms with Crippen LogP contribution in [-0.2, 0) is 21.0 Å². The summed E-state index contributed by atoms with van der Waals surface area (Å²) in [6, 6.07) is 9.02. The smallest absolute Gasteiger partial charge is 0.279 e. The lowest BCUT2D eigenvalue weighted by molar-refractivity contribution is -0.131. The Bertz CT molecular complexity index is 783. The van der Waals surface area contributed by atoms with Crippen molar-refractivity contribution in [3.8, 4) is 5.75 Å². The third-order valence-corrected chi connectivity index (χ3v) is 3.33. The normalized spacial score (nSPS) is 10.6. The van der Waals surface area contributed by atoms with Crippen LogP contribution in [0.3, 0.4) is 0 Å². The summed E-state index contributed by atoms with van der Waals surface area (Å²) in [7, 11) is 1.58. The zero-order chi connectivity index (χ0) is 18.9. The molecule has 1 aromatic heterocycles. The standard InChI is InChI=1S/C17H21N5O4/c1-12-8-13(2)22(21-12)10-16(23)19-20-17(24)11-26-18-9-14-4-6-15(25-3)7-5-14/h4-9H,10-11H2,1-3H3,(H,19,23)(H,20,24)/b18-9-. The Morgan fingerprint density at radius 1 is 1.19 bits per heavy atom. The minimum absolute atomic E-state index is 0.0104. The van der Waals surface area contributed by atoms with Gasteiger partial charge in [0.15, 0.2) is 6.61 Å². The number of amides is 2. The van der Waals surface area contributed by atoms with Gasteiger partial charge in [0, 0.05) is 5.69 Å². The molecule has 0 saturated heterocycles. The quantitative estimate of drug-likeness (QED) is 0.559. The zero-order valence-corrected chi connectivity index (χ0v) is 14.9. The largest absolute Gasteiger partial charge is 0.497 e. The van der Waals surface area contributed by atoms with Crippen molar-refractivity contribution in [3.63, 3.8) is 0 Å². The molecular formula is C17H21N5O4. The monoisotopic (exact) mass is 359 g/mol. The summed E-state index contributed by atoms with van der Waals surface area (Å²) in [5.74, 6) is -0.191. The van der Waals surface area contributed by atoms with Crippen molar-refractivity contribution in [2.75, 3.05) is 13.7 Å². The number of oxime groups is 1. The van der Waals surface area contributed by atoms with Crippen LogP contribution >= 0.6 is 0 Å². The Balaban J connectivity index is 1.67. The summed E-state index contributed by atoms with van der Waals surface area (Å²) in [6.07, 6.45) is 1.47. The molecule has 1 aromatic carbocycles. The molecule has 2 rings (SSSR count). The number of hydrogen-bond donors (Lipinski definition) is 2. The van der Waals surface area contributed by atoms with Gasteiger partial charge in [-0.1, -0.05) is 5.16 Å². The highest BCUT2D eigenvalue weighted by Gasteiger charge is 2.08. The van der Waals surface area contributed by atoms with E-state index in [4.69, 9.17) is 9.57 Å². The lowest BCUT2D eigenvalue weighted by Gasteiger charge is -2.07. The first-order chi connectivity index (χ1) is 12.5. The van der Waals surface area contributed by atoms with Gasteiger partial charge >= 0.3 is 0 Å². The van der Waals surface area contributed by atoms with E-state index in [0.29, 0.717) is 0 Å². The second-order valence-electron chi connectivity index (χ2n) is 5.46. The Kier molecular flexibility index (Phi) is 6.72. The summed E-state index contributed by atoms with van der Waals surface area (Å²) >= 11 is 0. The number of carbonyl (C=O) groups is 2. The number of benzene rings is 1. The molecule has 0 saturated carbocycles. The topological polar surface area (TPSA) is 107 Å². The first kappa shape index (κ1) is 19.0. The minimum Gasteiger partial charge on any atom is -0.497 e. The molecule has 0 unspecified atom stereocenters. The summed E-state index contributed by atoms with van der Waals surface area (Å²) in [5, 5.41) is 7.86. The van der Waals surface area contributed by atoms with Crippen molar-refractivity contribution in [1.29, 1.82) is 0 Å². The third-order valence-electron chi connectivity index (χ3n) is 3.33. The number of carbonyl (C=O) groups excluding carboxylic acids is 2. The number of nitrogens with zero attached hydrogens (tertiary/aromatic N) is 3. The number of ether oxygens (including phenoxy) is 1. The lowest BCUT2D eigenvalue weighted by Crippen LogP contribution is -2.44. The average molecular weight is 359 g/mol. The van der Waals surface area contributed by atoms with Crippen LogP contribution in [-0.4, -0.2) is 41.5 Å². The SMILES string of the molecule is COc1ccc(/C=N\OCC(=O)NNC(=O)Cn2nc(C)cc2C)cc1. The van der Waals surface area contributed by atoms with Crippen LogP contribution in [0.1, 0.15) is 17.0 Å². The molecule has 9 heteroatoms. The first-order valence-electron chi connectivity index (χ1n) is 7.86. The summed E-state index contributed by atoms with van der Waals surface area (Å²) in [5.41, 5.74) is 7.02. The van der Waals surface area contributed by atoms with E-state index in [1.807, 2.05) is 19.9 Å². The van der Waals surface area contributed by atoms with Crippen molar-refractivity contribution in [2.45, 2.75) is 20.4 Å². The molecule has 9 nitrogen and oxygen atoms in total. The molecule has 0 bridgehead atoms. The highest BCUT2D eigenvalue weighted by molar-refractivity contribution is 5.82. The first-order valence-corrected chi connectivity index (χ1v) is 7.86. The minimum atomic E-state index is -0.529. The molecule has 138 valence electrons. The molecule has 26 heavy (non-hydrogen) atoms. The molecule has 0 radical (unpaired) electrons. The molecular weight excluding hydrogens is 338 g/mol. The van der Waals surface area contributed by atoms with Crippen molar-refractivity contribution in [1.82, 2.24) is 20.6 Å².